The number of rotatable bonds is 8. The van der Waals surface area contributed by atoms with Crippen molar-refractivity contribution in [2.75, 3.05) is 10.6 Å². The summed E-state index contributed by atoms with van der Waals surface area (Å²) in [6, 6.07) is 13.5. The molecular weight excluding hydrogens is 579 g/mol. The highest BCUT2D eigenvalue weighted by molar-refractivity contribution is 14.1. The molecule has 0 bridgehead atoms. The summed E-state index contributed by atoms with van der Waals surface area (Å²) in [5.74, 6) is 0.536. The number of hydrogen-bond donors (Lipinski definition) is 2. The Kier molecular flexibility index (Phi) is 9.23. The van der Waals surface area contributed by atoms with Gasteiger partial charge in [-0.15, -0.1) is 0 Å². The molecule has 0 aromatic heterocycles. The Morgan fingerprint density at radius 1 is 0.676 bits per heavy atom. The quantitative estimate of drug-likeness (QED) is 0.269. The molecule has 0 aliphatic heterocycles. The number of halogens is 1. The molecule has 3 aromatic carbocycles. The van der Waals surface area contributed by atoms with E-state index in [9.17, 15) is 9.59 Å². The highest BCUT2D eigenvalue weighted by Gasteiger charge is 2.22. The Morgan fingerprint density at radius 3 is 1.32 bits per heavy atom. The standard InChI is InChI=1S/C30H35IN2O4/c1-16-12-18(3)27(19(4)13-16)32-29(34)22(7)36-24-10-9-11-25(26(24)31)37-23(8)30(35)33-28-20(5)14-17(2)15-21(28)6/h9-15,22-23H,1-8H3,(H,32,34)(H,33,35)/t22-,23-/m0/s1. The summed E-state index contributed by atoms with van der Waals surface area (Å²) in [5.41, 5.74) is 7.93. The Bertz CT molecular complexity index is 1190. The normalized spacial score (nSPS) is 12.5. The van der Waals surface area contributed by atoms with E-state index in [0.717, 1.165) is 44.8 Å². The summed E-state index contributed by atoms with van der Waals surface area (Å²) in [6.45, 7) is 15.4. The molecule has 3 aromatic rings. The summed E-state index contributed by atoms with van der Waals surface area (Å²) in [7, 11) is 0. The Labute approximate surface area is 233 Å². The van der Waals surface area contributed by atoms with Crippen molar-refractivity contribution in [1.82, 2.24) is 0 Å². The third-order valence-electron chi connectivity index (χ3n) is 6.12. The number of nitrogens with one attached hydrogen (secondary N) is 2. The molecule has 2 atom stereocenters. The lowest BCUT2D eigenvalue weighted by molar-refractivity contribution is -0.122. The lowest BCUT2D eigenvalue weighted by Gasteiger charge is -2.21. The minimum absolute atomic E-state index is 0.242. The molecule has 2 N–H and O–H groups in total. The fourth-order valence-corrected chi connectivity index (χ4v) is 4.98. The van der Waals surface area contributed by atoms with E-state index in [1.807, 2.05) is 65.8 Å². The minimum Gasteiger partial charge on any atom is -0.480 e. The molecule has 0 unspecified atom stereocenters. The molecule has 2 amide bonds. The first-order chi connectivity index (χ1) is 17.4. The van der Waals surface area contributed by atoms with Gasteiger partial charge in [-0.2, -0.15) is 0 Å². The predicted octanol–water partition coefficient (Wildman–Crippen LogP) is 6.95. The summed E-state index contributed by atoms with van der Waals surface area (Å²) >= 11 is 2.12. The lowest BCUT2D eigenvalue weighted by Crippen LogP contribution is -2.32. The molecule has 6 nitrogen and oxygen atoms in total. The van der Waals surface area contributed by atoms with Crippen molar-refractivity contribution in [3.05, 3.63) is 79.4 Å². The van der Waals surface area contributed by atoms with Gasteiger partial charge >= 0.3 is 0 Å². The van der Waals surface area contributed by atoms with Crippen LogP contribution in [0.1, 0.15) is 47.2 Å². The van der Waals surface area contributed by atoms with Gasteiger partial charge in [0.05, 0.1) is 3.57 Å². The summed E-state index contributed by atoms with van der Waals surface area (Å²) in [6.07, 6.45) is -1.48. The molecule has 196 valence electrons. The summed E-state index contributed by atoms with van der Waals surface area (Å²) in [4.78, 5) is 25.8. The van der Waals surface area contributed by atoms with Crippen molar-refractivity contribution in [2.45, 2.75) is 67.6 Å². The smallest absolute Gasteiger partial charge is 0.265 e. The van der Waals surface area contributed by atoms with Gasteiger partial charge in [0.1, 0.15) is 11.5 Å². The third kappa shape index (κ3) is 7.03. The average Bonchev–Trinajstić information content (AvgIpc) is 2.80. The van der Waals surface area contributed by atoms with Crippen LogP contribution in [0.15, 0.2) is 42.5 Å². The van der Waals surface area contributed by atoms with Gasteiger partial charge in [-0.05, 0) is 112 Å². The number of hydrogen-bond acceptors (Lipinski definition) is 4. The van der Waals surface area contributed by atoms with E-state index < -0.39 is 12.2 Å². The van der Waals surface area contributed by atoms with Crippen LogP contribution in [0.5, 0.6) is 11.5 Å². The third-order valence-corrected chi connectivity index (χ3v) is 7.19. The van der Waals surface area contributed by atoms with Gasteiger partial charge in [0.2, 0.25) is 0 Å². The topological polar surface area (TPSA) is 76.7 Å². The number of carbonyl (C=O) groups is 2. The molecule has 37 heavy (non-hydrogen) atoms. The van der Waals surface area contributed by atoms with Gasteiger partial charge in [0.25, 0.3) is 11.8 Å². The number of aryl methyl sites for hydroxylation is 6. The monoisotopic (exact) mass is 614 g/mol. The number of carbonyl (C=O) groups excluding carboxylic acids is 2. The Hall–Kier alpha value is -3.07. The van der Waals surface area contributed by atoms with Gasteiger partial charge in [-0.1, -0.05) is 41.5 Å². The van der Waals surface area contributed by atoms with Crippen LogP contribution in [-0.4, -0.2) is 24.0 Å². The maximum absolute atomic E-state index is 12.9. The van der Waals surface area contributed by atoms with E-state index in [-0.39, 0.29) is 11.8 Å². The van der Waals surface area contributed by atoms with Crippen LogP contribution in [0.4, 0.5) is 11.4 Å². The fourth-order valence-electron chi connectivity index (χ4n) is 4.36. The molecule has 0 heterocycles. The van der Waals surface area contributed by atoms with Crippen LogP contribution >= 0.6 is 22.6 Å². The number of ether oxygens (including phenoxy) is 2. The largest absolute Gasteiger partial charge is 0.480 e. The molecule has 0 saturated carbocycles. The van der Waals surface area contributed by atoms with E-state index in [2.05, 4.69) is 33.2 Å². The maximum Gasteiger partial charge on any atom is 0.265 e. The van der Waals surface area contributed by atoms with Crippen LogP contribution in [0.3, 0.4) is 0 Å². The van der Waals surface area contributed by atoms with Gasteiger partial charge in [-0.3, -0.25) is 9.59 Å². The second-order valence-electron chi connectivity index (χ2n) is 9.61. The first-order valence-electron chi connectivity index (χ1n) is 12.3. The zero-order valence-electron chi connectivity index (χ0n) is 22.7. The van der Waals surface area contributed by atoms with Crippen molar-refractivity contribution >= 4 is 45.8 Å². The van der Waals surface area contributed by atoms with Gasteiger partial charge < -0.3 is 20.1 Å². The average molecular weight is 615 g/mol. The van der Waals surface area contributed by atoms with Crippen molar-refractivity contribution in [2.24, 2.45) is 0 Å². The van der Waals surface area contributed by atoms with Crippen molar-refractivity contribution in [3.63, 3.8) is 0 Å². The van der Waals surface area contributed by atoms with Gasteiger partial charge in [-0.25, -0.2) is 0 Å². The van der Waals surface area contributed by atoms with Crippen molar-refractivity contribution < 1.29 is 19.1 Å². The first-order valence-corrected chi connectivity index (χ1v) is 13.3. The predicted molar refractivity (Wildman–Crippen MR) is 158 cm³/mol. The van der Waals surface area contributed by atoms with Crippen LogP contribution in [-0.2, 0) is 9.59 Å². The zero-order chi connectivity index (χ0) is 27.4. The minimum atomic E-state index is -0.739. The Balaban J connectivity index is 1.68. The van der Waals surface area contributed by atoms with E-state index in [1.54, 1.807) is 32.0 Å². The molecule has 0 aliphatic rings. The number of amides is 2. The lowest BCUT2D eigenvalue weighted by atomic mass is 10.0. The maximum atomic E-state index is 12.9. The molecule has 0 aliphatic carbocycles. The van der Waals surface area contributed by atoms with Crippen LogP contribution in [0.2, 0.25) is 0 Å². The van der Waals surface area contributed by atoms with Crippen LogP contribution in [0.25, 0.3) is 0 Å². The summed E-state index contributed by atoms with van der Waals surface area (Å²) < 4.78 is 12.7. The first kappa shape index (κ1) is 28.5. The second kappa shape index (κ2) is 12.0. The SMILES string of the molecule is Cc1cc(C)c(NC(=O)[C@H](C)Oc2cccc(O[C@@H](C)C(=O)Nc3c(C)cc(C)cc3C)c2I)c(C)c1. The Morgan fingerprint density at radius 2 is 1.00 bits per heavy atom. The number of benzene rings is 3. The van der Waals surface area contributed by atoms with E-state index in [1.165, 1.54) is 0 Å². The van der Waals surface area contributed by atoms with Crippen LogP contribution < -0.4 is 20.1 Å². The van der Waals surface area contributed by atoms with Gasteiger partial charge in [0, 0.05) is 11.4 Å². The van der Waals surface area contributed by atoms with E-state index in [0.29, 0.717) is 15.1 Å². The molecule has 0 radical (unpaired) electrons. The fraction of sp³-hybridized carbons (Fsp3) is 0.333. The van der Waals surface area contributed by atoms with Crippen molar-refractivity contribution in [1.29, 1.82) is 0 Å². The summed E-state index contributed by atoms with van der Waals surface area (Å²) in [5, 5.41) is 5.98. The zero-order valence-corrected chi connectivity index (χ0v) is 24.9. The molecular formula is C30H35IN2O4. The van der Waals surface area contributed by atoms with E-state index in [4.69, 9.17) is 9.47 Å². The number of anilines is 2. The van der Waals surface area contributed by atoms with Gasteiger partial charge in [0.15, 0.2) is 12.2 Å². The van der Waals surface area contributed by atoms with Crippen molar-refractivity contribution in [3.8, 4) is 11.5 Å². The van der Waals surface area contributed by atoms with E-state index >= 15 is 0 Å². The highest BCUT2D eigenvalue weighted by Crippen LogP contribution is 2.32. The molecule has 0 saturated heterocycles. The molecule has 0 fully saturated rings. The highest BCUT2D eigenvalue weighted by atomic mass is 127. The molecule has 0 spiro atoms. The molecule has 3 rings (SSSR count). The van der Waals surface area contributed by atoms with Crippen LogP contribution in [0, 0.1) is 45.1 Å². The molecule has 7 heteroatoms. The second-order valence-corrected chi connectivity index (χ2v) is 10.7.